The molecule has 8 nitrogen and oxygen atoms in total. The molecule has 1 aliphatic heterocycles. The first-order valence-electron chi connectivity index (χ1n) is 8.54. The van der Waals surface area contributed by atoms with Crippen LogP contribution in [0.4, 0.5) is 0 Å². The fraction of sp³-hybridized carbons (Fsp3) is 0.0526. The van der Waals surface area contributed by atoms with Crippen molar-refractivity contribution in [2.24, 2.45) is 4.99 Å². The van der Waals surface area contributed by atoms with E-state index in [0.29, 0.717) is 38.3 Å². The van der Waals surface area contributed by atoms with Crippen LogP contribution >= 0.6 is 23.2 Å². The summed E-state index contributed by atoms with van der Waals surface area (Å²) in [6.45, 7) is 0.0215. The Morgan fingerprint density at radius 3 is 2.59 bits per heavy atom. The van der Waals surface area contributed by atoms with Gasteiger partial charge in [-0.25, -0.2) is 14.7 Å². The van der Waals surface area contributed by atoms with Gasteiger partial charge in [-0.15, -0.1) is 0 Å². The zero-order valence-corrected chi connectivity index (χ0v) is 16.1. The largest absolute Gasteiger partial charge is 0.352 e. The number of nitrogens with one attached hydrogen (secondary N) is 2. The lowest BCUT2D eigenvalue weighted by molar-refractivity contribution is 0.785. The maximum Gasteiger partial charge on any atom is 0.352 e. The average Bonchev–Trinajstić information content (AvgIpc) is 2.86. The first-order valence-corrected chi connectivity index (χ1v) is 9.30. The smallest absolute Gasteiger partial charge is 0.278 e. The van der Waals surface area contributed by atoms with E-state index in [2.05, 4.69) is 15.1 Å². The summed E-state index contributed by atoms with van der Waals surface area (Å²) in [7, 11) is 0. The van der Waals surface area contributed by atoms with Crippen LogP contribution in [-0.2, 0) is 6.54 Å². The Bertz CT molecular complexity index is 1520. The average molecular weight is 428 g/mol. The van der Waals surface area contributed by atoms with Crippen LogP contribution in [0, 0.1) is 0 Å². The van der Waals surface area contributed by atoms with Crippen LogP contribution in [0.2, 0.25) is 10.0 Å². The number of H-pyrrole nitrogens is 2. The molecule has 2 N–H and O–H groups in total. The molecule has 0 unspecified atom stereocenters. The van der Waals surface area contributed by atoms with Crippen LogP contribution in [0.5, 0.6) is 0 Å². The normalized spacial score (nSPS) is 13.0. The van der Waals surface area contributed by atoms with Crippen molar-refractivity contribution in [2.45, 2.75) is 6.54 Å². The third-order valence-electron chi connectivity index (χ3n) is 4.78. The van der Waals surface area contributed by atoms with Crippen molar-refractivity contribution in [3.05, 3.63) is 101 Å². The molecule has 0 saturated heterocycles. The molecule has 29 heavy (non-hydrogen) atoms. The van der Waals surface area contributed by atoms with Crippen molar-refractivity contribution in [1.82, 2.24) is 19.2 Å². The molecule has 2 aromatic heterocycles. The molecule has 1 aliphatic rings. The molecule has 0 atom stereocenters. The monoisotopic (exact) mass is 427 g/mol. The summed E-state index contributed by atoms with van der Waals surface area (Å²) >= 11 is 12.6. The van der Waals surface area contributed by atoms with Crippen LogP contribution in [0.25, 0.3) is 11.2 Å². The fourth-order valence-electron chi connectivity index (χ4n) is 3.58. The molecular weight excluding hydrogens is 417 g/mol. The number of imidazole rings is 1. The molecule has 0 fully saturated rings. The van der Waals surface area contributed by atoms with Crippen LogP contribution in [-0.4, -0.2) is 24.9 Å². The maximum atomic E-state index is 13.1. The van der Waals surface area contributed by atoms with Crippen LogP contribution in [0.3, 0.4) is 0 Å². The zero-order valence-electron chi connectivity index (χ0n) is 14.6. The molecule has 0 saturated carbocycles. The van der Waals surface area contributed by atoms with Crippen molar-refractivity contribution in [3.8, 4) is 5.69 Å². The second-order valence-corrected chi connectivity index (χ2v) is 7.29. The van der Waals surface area contributed by atoms with Gasteiger partial charge in [-0.3, -0.25) is 19.3 Å². The van der Waals surface area contributed by atoms with Gasteiger partial charge < -0.3 is 0 Å². The van der Waals surface area contributed by atoms with Gasteiger partial charge in [0.1, 0.15) is 0 Å². The van der Waals surface area contributed by atoms with Crippen molar-refractivity contribution in [2.75, 3.05) is 0 Å². The third kappa shape index (κ3) is 2.60. The van der Waals surface area contributed by atoms with Gasteiger partial charge in [0, 0.05) is 21.2 Å². The number of rotatable bonds is 1. The van der Waals surface area contributed by atoms with Crippen molar-refractivity contribution in [1.29, 1.82) is 0 Å². The standard InChI is InChI=1S/C19H11Cl2N5O3/c20-9-5-6-13-11(7-9)15(10-3-1-2-4-12(10)21)22-8-14-16-17(27)23-18(28)24-26(16)19(29)25(13)14/h1-7H,8H2,(H2,23,24,27,28). The van der Waals surface area contributed by atoms with Gasteiger partial charge in [0.25, 0.3) is 5.56 Å². The Morgan fingerprint density at radius 2 is 1.79 bits per heavy atom. The summed E-state index contributed by atoms with van der Waals surface area (Å²) in [5.74, 6) is 0. The number of fused-ring (bicyclic) bond motifs is 5. The Hall–Kier alpha value is -3.36. The second kappa shape index (κ2) is 6.33. The molecule has 5 rings (SSSR count). The zero-order chi connectivity index (χ0) is 20.3. The molecule has 0 aliphatic carbocycles. The second-order valence-electron chi connectivity index (χ2n) is 6.45. The number of hydrogen-bond acceptors (Lipinski definition) is 4. The minimum Gasteiger partial charge on any atom is -0.278 e. The van der Waals surface area contributed by atoms with Gasteiger partial charge in [0.05, 0.1) is 23.6 Å². The Kier molecular flexibility index (Phi) is 3.87. The lowest BCUT2D eigenvalue weighted by atomic mass is 10.0. The molecule has 2 aromatic carbocycles. The molecule has 144 valence electrons. The summed E-state index contributed by atoms with van der Waals surface area (Å²) in [4.78, 5) is 44.0. The van der Waals surface area contributed by atoms with E-state index in [0.717, 1.165) is 4.52 Å². The van der Waals surface area contributed by atoms with Gasteiger partial charge in [-0.05, 0) is 24.3 Å². The lowest BCUT2D eigenvalue weighted by Gasteiger charge is -2.12. The van der Waals surface area contributed by atoms with E-state index in [4.69, 9.17) is 23.2 Å². The van der Waals surface area contributed by atoms with Gasteiger partial charge in [-0.1, -0.05) is 41.4 Å². The predicted molar refractivity (Wildman–Crippen MR) is 110 cm³/mol. The maximum absolute atomic E-state index is 13.1. The molecule has 0 amide bonds. The van der Waals surface area contributed by atoms with E-state index < -0.39 is 16.9 Å². The molecule has 4 aromatic rings. The molecule has 3 heterocycles. The number of halogens is 2. The summed E-state index contributed by atoms with van der Waals surface area (Å²) in [5.41, 5.74) is 0.629. The highest BCUT2D eigenvalue weighted by Gasteiger charge is 2.26. The van der Waals surface area contributed by atoms with Crippen LogP contribution in [0.15, 0.2) is 61.8 Å². The number of aromatic amines is 2. The Balaban J connectivity index is 1.93. The molecule has 0 spiro atoms. The van der Waals surface area contributed by atoms with E-state index in [-0.39, 0.29) is 12.1 Å². The number of nitrogens with zero attached hydrogens (tertiary/aromatic N) is 3. The first kappa shape index (κ1) is 17.7. The van der Waals surface area contributed by atoms with E-state index in [1.165, 1.54) is 4.57 Å². The molecule has 10 heteroatoms. The minimum absolute atomic E-state index is 0.0215. The van der Waals surface area contributed by atoms with Crippen molar-refractivity contribution < 1.29 is 0 Å². The Morgan fingerprint density at radius 1 is 1.00 bits per heavy atom. The van der Waals surface area contributed by atoms with E-state index in [9.17, 15) is 14.4 Å². The van der Waals surface area contributed by atoms with Crippen molar-refractivity contribution in [3.63, 3.8) is 0 Å². The summed E-state index contributed by atoms with van der Waals surface area (Å²) in [6.07, 6.45) is 0. The van der Waals surface area contributed by atoms with Gasteiger partial charge in [0.2, 0.25) is 0 Å². The predicted octanol–water partition coefficient (Wildman–Crippen LogP) is 2.12. The number of aromatic nitrogens is 4. The number of hydrogen-bond donors (Lipinski definition) is 2. The highest BCUT2D eigenvalue weighted by Crippen LogP contribution is 2.29. The number of benzene rings is 2. The topological polar surface area (TPSA) is 104 Å². The fourth-order valence-corrected chi connectivity index (χ4v) is 3.98. The van der Waals surface area contributed by atoms with Crippen LogP contribution < -0.4 is 16.9 Å². The number of aliphatic imine (C=N–C) groups is 1. The van der Waals surface area contributed by atoms with Gasteiger partial charge in [0.15, 0.2) is 5.52 Å². The summed E-state index contributed by atoms with van der Waals surface area (Å²) in [5, 5.41) is 3.29. The molecule has 0 radical (unpaired) electrons. The van der Waals surface area contributed by atoms with E-state index in [1.54, 1.807) is 30.3 Å². The Labute approximate surface area is 171 Å². The van der Waals surface area contributed by atoms with Crippen molar-refractivity contribution >= 4 is 34.4 Å². The van der Waals surface area contributed by atoms with Crippen LogP contribution in [0.1, 0.15) is 16.8 Å². The first-order chi connectivity index (χ1) is 14.0. The molecular formula is C19H11Cl2N5O3. The summed E-state index contributed by atoms with van der Waals surface area (Å²) < 4.78 is 2.30. The molecule has 0 bridgehead atoms. The van der Waals surface area contributed by atoms with Gasteiger partial charge in [-0.2, -0.15) is 4.52 Å². The third-order valence-corrected chi connectivity index (χ3v) is 5.34. The highest BCUT2D eigenvalue weighted by atomic mass is 35.5. The van der Waals surface area contributed by atoms with E-state index in [1.807, 2.05) is 12.1 Å². The minimum atomic E-state index is -0.776. The summed E-state index contributed by atoms with van der Waals surface area (Å²) in [6, 6.07) is 12.2. The highest BCUT2D eigenvalue weighted by molar-refractivity contribution is 6.36. The lowest BCUT2D eigenvalue weighted by Crippen LogP contribution is -2.30. The van der Waals surface area contributed by atoms with E-state index >= 15 is 0 Å². The van der Waals surface area contributed by atoms with Gasteiger partial charge >= 0.3 is 11.4 Å². The SMILES string of the molecule is O=c1[nH]c(=O)c2c3n(c(=O)n2[nH]1)-c1ccc(Cl)cc1C(c1ccccc1Cl)=NC3. The quantitative estimate of drug-likeness (QED) is 0.485.